The first-order valence-corrected chi connectivity index (χ1v) is 6.12. The third kappa shape index (κ3) is 2.68. The number of nitrogens with zero attached hydrogens (tertiary/aromatic N) is 2. The lowest BCUT2D eigenvalue weighted by molar-refractivity contribution is 0.358. The van der Waals surface area contributed by atoms with Crippen LogP contribution in [-0.2, 0) is 0 Å². The smallest absolute Gasteiger partial charge is 0.150 e. The lowest BCUT2D eigenvalue weighted by atomic mass is 9.87. The number of hydrogen-bond donors (Lipinski definition) is 2. The highest BCUT2D eigenvalue weighted by atomic mass is 15.0. The van der Waals surface area contributed by atoms with Gasteiger partial charge in [-0.3, -0.25) is 0 Å². The maximum Gasteiger partial charge on any atom is 0.150 e. The maximum atomic E-state index is 8.91. The number of nitrogen functional groups attached to an aromatic ring is 1. The average Bonchev–Trinajstić information content (AvgIpc) is 2.32. The molecule has 1 fully saturated rings. The van der Waals surface area contributed by atoms with Crippen LogP contribution in [0.15, 0.2) is 12.3 Å². The van der Waals surface area contributed by atoms with Crippen LogP contribution < -0.4 is 11.1 Å². The average molecular weight is 230 g/mol. The second-order valence-electron chi connectivity index (χ2n) is 4.85. The van der Waals surface area contributed by atoms with E-state index in [4.69, 9.17) is 11.0 Å². The van der Waals surface area contributed by atoms with E-state index >= 15 is 0 Å². The summed E-state index contributed by atoms with van der Waals surface area (Å²) in [5.41, 5.74) is 6.86. The van der Waals surface area contributed by atoms with Crippen LogP contribution in [0.25, 0.3) is 0 Å². The second-order valence-corrected chi connectivity index (χ2v) is 4.85. The van der Waals surface area contributed by atoms with Gasteiger partial charge in [-0.15, -0.1) is 0 Å². The van der Waals surface area contributed by atoms with E-state index in [-0.39, 0.29) is 0 Å². The molecule has 1 aliphatic rings. The Morgan fingerprint density at radius 3 is 3.06 bits per heavy atom. The summed E-state index contributed by atoms with van der Waals surface area (Å²) in [5.74, 6) is 1.41. The Morgan fingerprint density at radius 2 is 2.35 bits per heavy atom. The fourth-order valence-electron chi connectivity index (χ4n) is 2.44. The van der Waals surface area contributed by atoms with Gasteiger partial charge in [-0.2, -0.15) is 5.26 Å². The van der Waals surface area contributed by atoms with Gasteiger partial charge in [-0.05, 0) is 24.8 Å². The van der Waals surface area contributed by atoms with E-state index < -0.39 is 0 Å². The molecule has 1 aromatic rings. The van der Waals surface area contributed by atoms with Crippen LogP contribution in [-0.4, -0.2) is 11.0 Å². The molecule has 2 atom stereocenters. The van der Waals surface area contributed by atoms with Crippen LogP contribution in [0.4, 0.5) is 11.5 Å². The molecule has 0 saturated heterocycles. The molecule has 3 N–H and O–H groups in total. The zero-order valence-corrected chi connectivity index (χ0v) is 10.1. The Morgan fingerprint density at radius 1 is 1.53 bits per heavy atom. The summed E-state index contributed by atoms with van der Waals surface area (Å²) in [6.45, 7) is 2.27. The van der Waals surface area contributed by atoms with Gasteiger partial charge in [0.2, 0.25) is 0 Å². The van der Waals surface area contributed by atoms with Crippen LogP contribution in [0.2, 0.25) is 0 Å². The number of hydrogen-bond acceptors (Lipinski definition) is 4. The highest BCUT2D eigenvalue weighted by Gasteiger charge is 2.20. The predicted octanol–water partition coefficient (Wildman–Crippen LogP) is 2.53. The first kappa shape index (κ1) is 11.7. The van der Waals surface area contributed by atoms with Crippen molar-refractivity contribution in [3.8, 4) is 6.07 Å². The monoisotopic (exact) mass is 230 g/mol. The van der Waals surface area contributed by atoms with E-state index in [1.54, 1.807) is 12.3 Å². The summed E-state index contributed by atoms with van der Waals surface area (Å²) >= 11 is 0. The van der Waals surface area contributed by atoms with Crippen LogP contribution in [0, 0.1) is 17.2 Å². The normalized spacial score (nSPS) is 24.0. The van der Waals surface area contributed by atoms with E-state index in [1.165, 1.54) is 12.8 Å². The minimum atomic E-state index is 0.433. The van der Waals surface area contributed by atoms with Crippen molar-refractivity contribution in [3.05, 3.63) is 17.8 Å². The number of rotatable bonds is 2. The minimum Gasteiger partial charge on any atom is -0.395 e. The van der Waals surface area contributed by atoms with Gasteiger partial charge in [0.05, 0.1) is 11.3 Å². The van der Waals surface area contributed by atoms with Crippen LogP contribution in [0.1, 0.15) is 38.2 Å². The van der Waals surface area contributed by atoms with Gasteiger partial charge in [0.25, 0.3) is 0 Å². The fraction of sp³-hybridized carbons (Fsp3) is 0.538. The first-order chi connectivity index (χ1) is 8.20. The zero-order chi connectivity index (χ0) is 12.3. The minimum absolute atomic E-state index is 0.433. The zero-order valence-electron chi connectivity index (χ0n) is 10.1. The molecule has 2 unspecified atom stereocenters. The summed E-state index contributed by atoms with van der Waals surface area (Å²) < 4.78 is 0. The summed E-state index contributed by atoms with van der Waals surface area (Å²) in [5, 5.41) is 12.3. The standard InChI is InChI=1S/C13H18N4/c1-9-3-2-4-11(7-9)17-13-12(15)10(8-14)5-6-16-13/h5-6,9,11H,2-4,7,15H2,1H3,(H,16,17). The van der Waals surface area contributed by atoms with Crippen molar-refractivity contribution in [3.63, 3.8) is 0 Å². The largest absolute Gasteiger partial charge is 0.395 e. The van der Waals surface area contributed by atoms with E-state index in [2.05, 4.69) is 23.3 Å². The Hall–Kier alpha value is -1.76. The molecule has 4 heteroatoms. The predicted molar refractivity (Wildman–Crippen MR) is 68.4 cm³/mol. The summed E-state index contributed by atoms with van der Waals surface area (Å²) in [6, 6.07) is 4.15. The Balaban J connectivity index is 2.11. The lowest BCUT2D eigenvalue weighted by Gasteiger charge is -2.28. The maximum absolute atomic E-state index is 8.91. The van der Waals surface area contributed by atoms with Gasteiger partial charge in [-0.1, -0.05) is 19.8 Å². The molecule has 1 heterocycles. The molecule has 0 aromatic carbocycles. The van der Waals surface area contributed by atoms with Gasteiger partial charge in [0.15, 0.2) is 5.82 Å². The molecular weight excluding hydrogens is 212 g/mol. The topological polar surface area (TPSA) is 74.7 Å². The van der Waals surface area contributed by atoms with Crippen LogP contribution in [0.3, 0.4) is 0 Å². The van der Waals surface area contributed by atoms with E-state index in [0.29, 0.717) is 23.1 Å². The number of aromatic nitrogens is 1. The fourth-order valence-corrected chi connectivity index (χ4v) is 2.44. The molecule has 1 saturated carbocycles. The van der Waals surface area contributed by atoms with Gasteiger partial charge in [-0.25, -0.2) is 4.98 Å². The van der Waals surface area contributed by atoms with E-state index in [1.807, 2.05) is 0 Å². The highest BCUT2D eigenvalue weighted by Crippen LogP contribution is 2.28. The molecule has 17 heavy (non-hydrogen) atoms. The van der Waals surface area contributed by atoms with Crippen molar-refractivity contribution in [2.24, 2.45) is 5.92 Å². The molecule has 2 rings (SSSR count). The molecular formula is C13H18N4. The Kier molecular flexibility index (Phi) is 3.48. The van der Waals surface area contributed by atoms with Crippen molar-refractivity contribution in [1.29, 1.82) is 5.26 Å². The highest BCUT2D eigenvalue weighted by molar-refractivity contribution is 5.69. The molecule has 4 nitrogen and oxygen atoms in total. The van der Waals surface area contributed by atoms with Crippen molar-refractivity contribution < 1.29 is 0 Å². The first-order valence-electron chi connectivity index (χ1n) is 6.12. The number of nitrogens with one attached hydrogen (secondary N) is 1. The number of nitrogens with two attached hydrogens (primary N) is 1. The Labute approximate surface area is 102 Å². The Bertz CT molecular complexity index is 436. The van der Waals surface area contributed by atoms with Crippen molar-refractivity contribution >= 4 is 11.5 Å². The molecule has 0 aliphatic heterocycles. The summed E-state index contributed by atoms with van der Waals surface area (Å²) in [6.07, 6.45) is 6.49. The van der Waals surface area contributed by atoms with Gasteiger partial charge in [0, 0.05) is 12.2 Å². The third-order valence-electron chi connectivity index (χ3n) is 3.39. The number of nitriles is 1. The third-order valence-corrected chi connectivity index (χ3v) is 3.39. The van der Waals surface area contributed by atoms with Crippen molar-refractivity contribution in [2.45, 2.75) is 38.6 Å². The quantitative estimate of drug-likeness (QED) is 0.818. The van der Waals surface area contributed by atoms with Crippen LogP contribution >= 0.6 is 0 Å². The van der Waals surface area contributed by atoms with Gasteiger partial charge in [0.1, 0.15) is 6.07 Å². The lowest BCUT2D eigenvalue weighted by Crippen LogP contribution is -2.27. The van der Waals surface area contributed by atoms with Crippen molar-refractivity contribution in [1.82, 2.24) is 4.98 Å². The molecule has 0 spiro atoms. The summed E-state index contributed by atoms with van der Waals surface area (Å²) in [7, 11) is 0. The van der Waals surface area contributed by atoms with Crippen LogP contribution in [0.5, 0.6) is 0 Å². The molecule has 0 bridgehead atoms. The molecule has 1 aliphatic carbocycles. The molecule has 1 aromatic heterocycles. The summed E-state index contributed by atoms with van der Waals surface area (Å²) in [4.78, 5) is 4.22. The SMILES string of the molecule is CC1CCCC(Nc2nccc(C#N)c2N)C1. The molecule has 90 valence electrons. The molecule has 0 amide bonds. The van der Waals surface area contributed by atoms with E-state index in [0.717, 1.165) is 18.8 Å². The number of anilines is 2. The number of pyridine rings is 1. The second kappa shape index (κ2) is 5.05. The van der Waals surface area contributed by atoms with Crippen molar-refractivity contribution in [2.75, 3.05) is 11.1 Å². The van der Waals surface area contributed by atoms with Gasteiger partial charge >= 0.3 is 0 Å². The van der Waals surface area contributed by atoms with Gasteiger partial charge < -0.3 is 11.1 Å². The molecule has 0 radical (unpaired) electrons. The van der Waals surface area contributed by atoms with E-state index in [9.17, 15) is 0 Å².